The van der Waals surface area contributed by atoms with Crippen LogP contribution >= 0.6 is 0 Å². The Morgan fingerprint density at radius 1 is 1.42 bits per heavy atom. The zero-order chi connectivity index (χ0) is 18.9. The molecule has 3 rings (SSSR count). The normalized spacial score (nSPS) is 19.2. The second-order valence-electron chi connectivity index (χ2n) is 6.98. The van der Waals surface area contributed by atoms with Crippen molar-refractivity contribution in [2.75, 3.05) is 29.5 Å². The van der Waals surface area contributed by atoms with Gasteiger partial charge in [-0.2, -0.15) is 0 Å². The minimum absolute atomic E-state index is 0.0257. The third-order valence-corrected chi connectivity index (χ3v) is 6.31. The third-order valence-electron chi connectivity index (χ3n) is 4.54. The number of fused-ring (bicyclic) bond motifs is 1. The highest BCUT2D eigenvalue weighted by atomic mass is 32.2. The number of nitrogens with one attached hydrogen (secondary N) is 2. The molecule has 0 radical (unpaired) electrons. The first-order valence-electron chi connectivity index (χ1n) is 8.89. The van der Waals surface area contributed by atoms with Gasteiger partial charge in [0, 0.05) is 24.7 Å². The number of nitrogens with zero attached hydrogens (tertiary/aromatic N) is 3. The van der Waals surface area contributed by atoms with Gasteiger partial charge in [0.25, 0.3) is 0 Å². The fourth-order valence-electron chi connectivity index (χ4n) is 3.13. The van der Waals surface area contributed by atoms with Gasteiger partial charge in [-0.15, -0.1) is 0 Å². The first-order valence-corrected chi connectivity index (χ1v) is 10.7. The quantitative estimate of drug-likeness (QED) is 0.781. The van der Waals surface area contributed by atoms with E-state index >= 15 is 0 Å². The van der Waals surface area contributed by atoms with E-state index in [-0.39, 0.29) is 35.9 Å². The van der Waals surface area contributed by atoms with Crippen LogP contribution < -0.4 is 10.2 Å². The van der Waals surface area contributed by atoms with Crippen molar-refractivity contribution in [3.8, 4) is 0 Å². The summed E-state index contributed by atoms with van der Waals surface area (Å²) in [4.78, 5) is 26.6. The summed E-state index contributed by atoms with van der Waals surface area (Å²) in [7, 11) is -3.02. The predicted molar refractivity (Wildman–Crippen MR) is 101 cm³/mol. The molecule has 0 aromatic carbocycles. The maximum absolute atomic E-state index is 12.4. The number of hydrogen-bond acceptors (Lipinski definition) is 6. The summed E-state index contributed by atoms with van der Waals surface area (Å²) >= 11 is 0. The van der Waals surface area contributed by atoms with Crippen LogP contribution in [0.1, 0.15) is 38.9 Å². The van der Waals surface area contributed by atoms with Gasteiger partial charge in [-0.05, 0) is 19.4 Å². The van der Waals surface area contributed by atoms with Crippen molar-refractivity contribution in [1.29, 1.82) is 0 Å². The van der Waals surface area contributed by atoms with E-state index in [1.807, 2.05) is 37.9 Å². The van der Waals surface area contributed by atoms with Gasteiger partial charge in [0.15, 0.2) is 9.84 Å². The summed E-state index contributed by atoms with van der Waals surface area (Å²) in [6, 6.07) is 1.61. The molecule has 142 valence electrons. The molecule has 1 aliphatic heterocycles. The Hall–Kier alpha value is -2.16. The van der Waals surface area contributed by atoms with Crippen LogP contribution in [0.25, 0.3) is 11.0 Å². The number of amides is 1. The number of anilines is 1. The number of carbonyl (C=O) groups excluding carboxylic acids is 1. The summed E-state index contributed by atoms with van der Waals surface area (Å²) in [5, 5.41) is 3.71. The monoisotopic (exact) mass is 379 g/mol. The van der Waals surface area contributed by atoms with Gasteiger partial charge in [-0.1, -0.05) is 13.8 Å². The highest BCUT2D eigenvalue weighted by molar-refractivity contribution is 7.91. The van der Waals surface area contributed by atoms with Crippen molar-refractivity contribution in [2.45, 2.75) is 39.2 Å². The molecule has 9 heteroatoms. The summed E-state index contributed by atoms with van der Waals surface area (Å²) in [6.45, 7) is 6.74. The molecule has 2 N–H and O–H groups in total. The summed E-state index contributed by atoms with van der Waals surface area (Å²) in [6.07, 6.45) is 2.29. The lowest BCUT2D eigenvalue weighted by atomic mass is 10.2. The number of H-pyrrole nitrogens is 1. The molecule has 0 spiro atoms. The fraction of sp³-hybridized carbons (Fsp3) is 0.588. The standard InChI is InChI=1S/C17H25N5O3S/c1-4-22(9-14(23)19-12-6-8-26(24,25)10-12)17-13-5-7-18-16(13)20-15(21-17)11(2)3/h5,7,11-12H,4,6,8-10H2,1-3H3,(H,19,23)(H,18,20,21). The zero-order valence-electron chi connectivity index (χ0n) is 15.3. The average Bonchev–Trinajstić information content (AvgIpc) is 3.17. The number of carbonyl (C=O) groups is 1. The lowest BCUT2D eigenvalue weighted by molar-refractivity contribution is -0.120. The first kappa shape index (κ1) is 18.6. The molecule has 0 bridgehead atoms. The molecule has 2 aromatic heterocycles. The first-order chi connectivity index (χ1) is 12.3. The Labute approximate surface area is 153 Å². The molecule has 1 saturated heterocycles. The Morgan fingerprint density at radius 2 is 2.19 bits per heavy atom. The van der Waals surface area contributed by atoms with Gasteiger partial charge in [0.2, 0.25) is 5.91 Å². The van der Waals surface area contributed by atoms with Crippen LogP contribution in [0, 0.1) is 0 Å². The zero-order valence-corrected chi connectivity index (χ0v) is 16.1. The molecule has 2 aromatic rings. The summed E-state index contributed by atoms with van der Waals surface area (Å²) in [5.41, 5.74) is 0.749. The van der Waals surface area contributed by atoms with Crippen molar-refractivity contribution in [2.24, 2.45) is 0 Å². The fourth-order valence-corrected chi connectivity index (χ4v) is 4.81. The van der Waals surface area contributed by atoms with Crippen molar-refractivity contribution in [3.05, 3.63) is 18.1 Å². The van der Waals surface area contributed by atoms with E-state index in [0.29, 0.717) is 13.0 Å². The Balaban J connectivity index is 1.79. The van der Waals surface area contributed by atoms with Gasteiger partial charge in [0.1, 0.15) is 17.3 Å². The largest absolute Gasteiger partial charge is 0.351 e. The van der Waals surface area contributed by atoms with Crippen LogP contribution in [0.4, 0.5) is 5.82 Å². The molecule has 0 saturated carbocycles. The van der Waals surface area contributed by atoms with E-state index in [9.17, 15) is 13.2 Å². The van der Waals surface area contributed by atoms with Gasteiger partial charge < -0.3 is 15.2 Å². The van der Waals surface area contributed by atoms with E-state index in [1.54, 1.807) is 0 Å². The van der Waals surface area contributed by atoms with Crippen LogP contribution in [-0.2, 0) is 14.6 Å². The van der Waals surface area contributed by atoms with Crippen LogP contribution in [-0.4, -0.2) is 59.9 Å². The molecule has 3 heterocycles. The highest BCUT2D eigenvalue weighted by Gasteiger charge is 2.29. The van der Waals surface area contributed by atoms with Gasteiger partial charge >= 0.3 is 0 Å². The lowest BCUT2D eigenvalue weighted by Crippen LogP contribution is -2.43. The topological polar surface area (TPSA) is 108 Å². The molecule has 1 fully saturated rings. The van der Waals surface area contributed by atoms with E-state index < -0.39 is 9.84 Å². The van der Waals surface area contributed by atoms with Crippen molar-refractivity contribution < 1.29 is 13.2 Å². The Bertz CT molecular complexity index is 906. The van der Waals surface area contributed by atoms with E-state index in [0.717, 1.165) is 22.7 Å². The summed E-state index contributed by atoms with van der Waals surface area (Å²) < 4.78 is 23.1. The molecule has 1 amide bonds. The lowest BCUT2D eigenvalue weighted by Gasteiger charge is -2.24. The number of aromatic amines is 1. The van der Waals surface area contributed by atoms with Crippen LogP contribution in [0.15, 0.2) is 12.3 Å². The number of rotatable bonds is 6. The van der Waals surface area contributed by atoms with Gasteiger partial charge in [0.05, 0.1) is 23.4 Å². The molecule has 1 unspecified atom stereocenters. The molecule has 26 heavy (non-hydrogen) atoms. The number of sulfone groups is 1. The maximum atomic E-state index is 12.4. The second-order valence-corrected chi connectivity index (χ2v) is 9.21. The van der Waals surface area contributed by atoms with E-state index in [1.165, 1.54) is 0 Å². The van der Waals surface area contributed by atoms with Gasteiger partial charge in [-0.25, -0.2) is 18.4 Å². The number of likely N-dealkylation sites (N-methyl/N-ethyl adjacent to an activating group) is 1. The minimum Gasteiger partial charge on any atom is -0.351 e. The van der Waals surface area contributed by atoms with Gasteiger partial charge in [-0.3, -0.25) is 4.79 Å². The molecule has 1 aliphatic rings. The van der Waals surface area contributed by atoms with Crippen molar-refractivity contribution in [1.82, 2.24) is 20.3 Å². The van der Waals surface area contributed by atoms with E-state index in [4.69, 9.17) is 0 Å². The minimum atomic E-state index is -3.02. The summed E-state index contributed by atoms with van der Waals surface area (Å²) in [5.74, 6) is 1.58. The third kappa shape index (κ3) is 3.98. The average molecular weight is 379 g/mol. The SMILES string of the molecule is CCN(CC(=O)NC1CCS(=O)(=O)C1)c1nc(C(C)C)nc2[nH]ccc12. The van der Waals surface area contributed by atoms with Crippen LogP contribution in [0.5, 0.6) is 0 Å². The van der Waals surface area contributed by atoms with Crippen molar-refractivity contribution >= 4 is 32.6 Å². The highest BCUT2D eigenvalue weighted by Crippen LogP contribution is 2.25. The molecule has 8 nitrogen and oxygen atoms in total. The molecule has 0 aliphatic carbocycles. The van der Waals surface area contributed by atoms with E-state index in [2.05, 4.69) is 20.3 Å². The maximum Gasteiger partial charge on any atom is 0.239 e. The van der Waals surface area contributed by atoms with Crippen molar-refractivity contribution in [3.63, 3.8) is 0 Å². The smallest absolute Gasteiger partial charge is 0.239 e. The number of hydrogen-bond donors (Lipinski definition) is 2. The second kappa shape index (κ2) is 7.22. The Kier molecular flexibility index (Phi) is 5.17. The molecular weight excluding hydrogens is 354 g/mol. The Morgan fingerprint density at radius 3 is 2.81 bits per heavy atom. The predicted octanol–water partition coefficient (Wildman–Crippen LogP) is 1.21. The van der Waals surface area contributed by atoms with Crippen LogP contribution in [0.2, 0.25) is 0 Å². The molecule has 1 atom stereocenters. The molecular formula is C17H25N5O3S. The number of aromatic nitrogens is 3. The van der Waals surface area contributed by atoms with Crippen LogP contribution in [0.3, 0.4) is 0 Å².